The van der Waals surface area contributed by atoms with Gasteiger partial charge in [-0.25, -0.2) is 8.42 Å². The van der Waals surface area contributed by atoms with E-state index in [1.807, 2.05) is 4.90 Å². The molecule has 10 heteroatoms. The first-order chi connectivity index (χ1) is 12.9. The number of hydrogen-bond acceptors (Lipinski definition) is 7. The molecule has 27 heavy (non-hydrogen) atoms. The fourth-order valence-corrected chi connectivity index (χ4v) is 6.50. The Bertz CT molecular complexity index is 803. The topological polar surface area (TPSA) is 109 Å². The second-order valence-electron chi connectivity index (χ2n) is 7.31. The van der Waals surface area contributed by atoms with Gasteiger partial charge in [0.1, 0.15) is 6.26 Å². The molecule has 3 fully saturated rings. The smallest absolute Gasteiger partial charge is 0.254 e. The Morgan fingerprint density at radius 2 is 2.00 bits per heavy atom. The van der Waals surface area contributed by atoms with Crippen molar-refractivity contribution in [3.8, 4) is 0 Å². The molecule has 3 saturated heterocycles. The Balaban J connectivity index is 1.40. The maximum Gasteiger partial charge on any atom is 0.254 e. The first kappa shape index (κ1) is 18.5. The van der Waals surface area contributed by atoms with Crippen LogP contribution in [0.15, 0.2) is 23.0 Å². The van der Waals surface area contributed by atoms with E-state index in [0.29, 0.717) is 45.0 Å². The molecule has 3 atom stereocenters. The van der Waals surface area contributed by atoms with Crippen LogP contribution in [0.2, 0.25) is 0 Å². The highest BCUT2D eigenvalue weighted by molar-refractivity contribution is 7.92. The Hall–Kier alpha value is -1.91. The zero-order valence-corrected chi connectivity index (χ0v) is 15.7. The van der Waals surface area contributed by atoms with Crippen molar-refractivity contribution in [2.24, 2.45) is 5.92 Å². The monoisotopic (exact) mass is 397 g/mol. The van der Waals surface area contributed by atoms with Crippen molar-refractivity contribution in [1.29, 1.82) is 0 Å². The van der Waals surface area contributed by atoms with E-state index >= 15 is 0 Å². The van der Waals surface area contributed by atoms with Gasteiger partial charge < -0.3 is 19.4 Å². The highest BCUT2D eigenvalue weighted by Gasteiger charge is 2.52. The summed E-state index contributed by atoms with van der Waals surface area (Å²) in [7, 11) is -3.31. The number of furan rings is 1. The van der Waals surface area contributed by atoms with Gasteiger partial charge in [-0.2, -0.15) is 0 Å². The van der Waals surface area contributed by atoms with Crippen molar-refractivity contribution in [3.05, 3.63) is 24.2 Å². The summed E-state index contributed by atoms with van der Waals surface area (Å²) in [5.41, 5.74) is 0.369. The number of sulfone groups is 1. The normalized spacial score (nSPS) is 30.2. The molecule has 0 radical (unpaired) electrons. The molecule has 1 aromatic heterocycles. The van der Waals surface area contributed by atoms with Gasteiger partial charge in [-0.1, -0.05) is 0 Å². The van der Waals surface area contributed by atoms with Crippen LogP contribution in [0.25, 0.3) is 0 Å². The third kappa shape index (κ3) is 3.74. The molecular weight excluding hydrogens is 374 g/mol. The van der Waals surface area contributed by atoms with Crippen LogP contribution in [-0.2, 0) is 19.4 Å². The molecule has 3 aliphatic rings. The van der Waals surface area contributed by atoms with Crippen molar-refractivity contribution in [2.75, 3.05) is 51.7 Å². The van der Waals surface area contributed by atoms with E-state index in [1.165, 1.54) is 18.6 Å². The number of carbonyl (C=O) groups is 2. The van der Waals surface area contributed by atoms with Crippen LogP contribution in [-0.4, -0.2) is 93.0 Å². The molecule has 0 saturated carbocycles. The summed E-state index contributed by atoms with van der Waals surface area (Å²) in [6, 6.07) is 1.09. The largest absolute Gasteiger partial charge is 0.472 e. The summed E-state index contributed by atoms with van der Waals surface area (Å²) < 4.78 is 35.3. The van der Waals surface area contributed by atoms with Crippen LogP contribution in [0.1, 0.15) is 10.4 Å². The molecule has 0 bridgehead atoms. The van der Waals surface area contributed by atoms with E-state index in [9.17, 15) is 18.0 Å². The molecular formula is C17H23N3O6S. The van der Waals surface area contributed by atoms with Gasteiger partial charge in [0.15, 0.2) is 9.84 Å². The Labute approximate surface area is 157 Å². The molecule has 4 heterocycles. The molecule has 0 unspecified atom stereocenters. The van der Waals surface area contributed by atoms with Crippen LogP contribution in [0, 0.1) is 5.92 Å². The highest BCUT2D eigenvalue weighted by atomic mass is 32.2. The third-order valence-corrected chi connectivity index (χ3v) is 7.84. The van der Waals surface area contributed by atoms with Gasteiger partial charge >= 0.3 is 0 Å². The SMILES string of the molecule is O=C(N[C@@H]1CS(=O)(=O)[C@H]2CN(CC(=O)N3CCOCC3)C[C@@H]12)c1ccoc1. The van der Waals surface area contributed by atoms with Crippen molar-refractivity contribution in [3.63, 3.8) is 0 Å². The van der Waals surface area contributed by atoms with Crippen LogP contribution in [0.5, 0.6) is 0 Å². The van der Waals surface area contributed by atoms with E-state index < -0.39 is 21.1 Å². The van der Waals surface area contributed by atoms with Gasteiger partial charge in [-0.15, -0.1) is 0 Å². The average molecular weight is 397 g/mol. The predicted octanol–water partition coefficient (Wildman–Crippen LogP) is -1.03. The summed E-state index contributed by atoms with van der Waals surface area (Å²) in [4.78, 5) is 28.4. The summed E-state index contributed by atoms with van der Waals surface area (Å²) >= 11 is 0. The van der Waals surface area contributed by atoms with E-state index in [4.69, 9.17) is 9.15 Å². The molecule has 4 rings (SSSR count). The van der Waals surface area contributed by atoms with Gasteiger partial charge in [0.05, 0.1) is 42.6 Å². The van der Waals surface area contributed by atoms with Gasteiger partial charge in [-0.3, -0.25) is 14.5 Å². The number of nitrogens with one attached hydrogen (secondary N) is 1. The summed E-state index contributed by atoms with van der Waals surface area (Å²) in [6.07, 6.45) is 2.73. The Morgan fingerprint density at radius 3 is 2.70 bits per heavy atom. The number of carbonyl (C=O) groups excluding carboxylic acids is 2. The average Bonchev–Trinajstić information content (AvgIpc) is 3.35. The van der Waals surface area contributed by atoms with Crippen LogP contribution < -0.4 is 5.32 Å². The standard InChI is InChI=1S/C17H23N3O6S/c21-16(20-2-5-25-6-3-20)9-19-7-13-14(11-27(23,24)15(13)8-19)18-17(22)12-1-4-26-10-12/h1,4,10,13-15H,2-3,5-9,11H2,(H,18,22)/t13-,14+,15-/m0/s1. The molecule has 3 aliphatic heterocycles. The maximum absolute atomic E-state index is 12.5. The van der Waals surface area contributed by atoms with E-state index in [1.54, 1.807) is 4.90 Å². The van der Waals surface area contributed by atoms with Crippen LogP contribution in [0.4, 0.5) is 0 Å². The van der Waals surface area contributed by atoms with Gasteiger partial charge in [0.25, 0.3) is 5.91 Å². The van der Waals surface area contributed by atoms with Crippen molar-refractivity contribution >= 4 is 21.7 Å². The molecule has 1 N–H and O–H groups in total. The van der Waals surface area contributed by atoms with Gasteiger partial charge in [0, 0.05) is 38.1 Å². The Kier molecular flexibility index (Phi) is 4.95. The fraction of sp³-hybridized carbons (Fsp3) is 0.647. The van der Waals surface area contributed by atoms with Crippen LogP contribution >= 0.6 is 0 Å². The van der Waals surface area contributed by atoms with E-state index in [0.717, 1.165) is 0 Å². The van der Waals surface area contributed by atoms with E-state index in [2.05, 4.69) is 5.32 Å². The minimum Gasteiger partial charge on any atom is -0.472 e. The lowest BCUT2D eigenvalue weighted by atomic mass is 10.0. The quantitative estimate of drug-likeness (QED) is 0.692. The summed E-state index contributed by atoms with van der Waals surface area (Å²) in [6.45, 7) is 3.23. The number of likely N-dealkylation sites (tertiary alicyclic amines) is 1. The number of nitrogens with zero attached hydrogens (tertiary/aromatic N) is 2. The molecule has 2 amide bonds. The zero-order valence-electron chi connectivity index (χ0n) is 14.9. The lowest BCUT2D eigenvalue weighted by Crippen LogP contribution is -2.46. The minimum atomic E-state index is -3.31. The van der Waals surface area contributed by atoms with Crippen LogP contribution in [0.3, 0.4) is 0 Å². The molecule has 0 aromatic carbocycles. The van der Waals surface area contributed by atoms with Gasteiger partial charge in [-0.05, 0) is 6.07 Å². The predicted molar refractivity (Wildman–Crippen MR) is 94.9 cm³/mol. The van der Waals surface area contributed by atoms with E-state index in [-0.39, 0.29) is 30.0 Å². The fourth-order valence-electron chi connectivity index (χ4n) is 4.17. The molecule has 1 aromatic rings. The number of morpholine rings is 1. The summed E-state index contributed by atoms with van der Waals surface area (Å²) in [5.74, 6) is -0.609. The van der Waals surface area contributed by atoms with Crippen molar-refractivity contribution < 1.29 is 27.2 Å². The lowest BCUT2D eigenvalue weighted by Gasteiger charge is -2.29. The first-order valence-electron chi connectivity index (χ1n) is 9.06. The molecule has 0 aliphatic carbocycles. The molecule has 0 spiro atoms. The number of amides is 2. The summed E-state index contributed by atoms with van der Waals surface area (Å²) in [5, 5.41) is 2.29. The number of fused-ring (bicyclic) bond motifs is 1. The minimum absolute atomic E-state index is 0.00495. The lowest BCUT2D eigenvalue weighted by molar-refractivity contribution is -0.136. The van der Waals surface area contributed by atoms with Crippen molar-refractivity contribution in [2.45, 2.75) is 11.3 Å². The third-order valence-electron chi connectivity index (χ3n) is 5.60. The van der Waals surface area contributed by atoms with Crippen molar-refractivity contribution in [1.82, 2.24) is 15.1 Å². The maximum atomic E-state index is 12.5. The Morgan fingerprint density at radius 1 is 1.22 bits per heavy atom. The zero-order chi connectivity index (χ0) is 19.0. The van der Waals surface area contributed by atoms with Gasteiger partial charge in [0.2, 0.25) is 5.91 Å². The first-order valence-corrected chi connectivity index (χ1v) is 10.8. The molecule has 148 valence electrons. The molecule has 9 nitrogen and oxygen atoms in total. The number of ether oxygens (including phenoxy) is 1. The second-order valence-corrected chi connectivity index (χ2v) is 9.58. The number of rotatable bonds is 4. The number of hydrogen-bond donors (Lipinski definition) is 1. The second kappa shape index (κ2) is 7.25. The highest BCUT2D eigenvalue weighted by Crippen LogP contribution is 2.34.